The first kappa shape index (κ1) is 19.4. The van der Waals surface area contributed by atoms with Crippen LogP contribution in [0.25, 0.3) is 0 Å². The Bertz CT molecular complexity index is 783. The van der Waals surface area contributed by atoms with Crippen LogP contribution in [0, 0.1) is 0 Å². The largest absolute Gasteiger partial charge is 0.490 e. The highest BCUT2D eigenvalue weighted by atomic mass is 32.1. The second kappa shape index (κ2) is 9.49. The van der Waals surface area contributed by atoms with Gasteiger partial charge in [0.05, 0.1) is 17.4 Å². The number of rotatable bonds is 7. The maximum Gasteiger partial charge on any atom is 0.261 e. The van der Waals surface area contributed by atoms with E-state index in [0.29, 0.717) is 23.1 Å². The molecule has 2 aromatic rings. The quantitative estimate of drug-likeness (QED) is 0.761. The molecule has 1 N–H and O–H groups in total. The first-order valence-electron chi connectivity index (χ1n) is 10.1. The van der Waals surface area contributed by atoms with Crippen molar-refractivity contribution < 1.29 is 14.3 Å². The number of thiazole rings is 1. The van der Waals surface area contributed by atoms with Crippen LogP contribution in [0.3, 0.4) is 0 Å². The van der Waals surface area contributed by atoms with Crippen molar-refractivity contribution in [3.8, 4) is 5.75 Å². The lowest BCUT2D eigenvalue weighted by Crippen LogP contribution is -2.29. The number of hydrogen-bond donors (Lipinski definition) is 1. The molecule has 1 aromatic heterocycles. The molecular formula is C21H27N3O3S. The highest BCUT2D eigenvalue weighted by molar-refractivity contribution is 7.14. The lowest BCUT2D eigenvalue weighted by atomic mass is 10.1. The van der Waals surface area contributed by atoms with E-state index in [4.69, 9.17) is 9.47 Å². The number of carbonyl (C=O) groups is 1. The van der Waals surface area contributed by atoms with Gasteiger partial charge in [0, 0.05) is 18.5 Å². The Morgan fingerprint density at radius 1 is 1.25 bits per heavy atom. The standard InChI is InChI=1S/C21H27N3O3S/c25-20(18-8-2-3-9-19(18)27-14-17-7-6-12-26-17)23-21-22-16(15-28-21)13-24-10-4-1-5-11-24/h2-3,8-9,15,17H,1,4-7,10-14H2,(H,22,23,25)/t17-/m1/s1. The van der Waals surface area contributed by atoms with E-state index >= 15 is 0 Å². The summed E-state index contributed by atoms with van der Waals surface area (Å²) in [6.45, 7) is 4.39. The van der Waals surface area contributed by atoms with Gasteiger partial charge in [0.1, 0.15) is 12.4 Å². The minimum atomic E-state index is -0.193. The Morgan fingerprint density at radius 3 is 2.93 bits per heavy atom. The van der Waals surface area contributed by atoms with Gasteiger partial charge in [-0.3, -0.25) is 15.0 Å². The predicted octanol–water partition coefficient (Wildman–Crippen LogP) is 3.94. The van der Waals surface area contributed by atoms with Crippen molar-refractivity contribution in [1.82, 2.24) is 9.88 Å². The number of ether oxygens (including phenoxy) is 2. The number of carbonyl (C=O) groups excluding carboxylic acids is 1. The molecule has 2 aliphatic heterocycles. The maximum absolute atomic E-state index is 12.8. The van der Waals surface area contributed by atoms with E-state index < -0.39 is 0 Å². The fraction of sp³-hybridized carbons (Fsp3) is 0.524. The normalized spacial score (nSPS) is 20.2. The van der Waals surface area contributed by atoms with Crippen LogP contribution >= 0.6 is 11.3 Å². The topological polar surface area (TPSA) is 63.7 Å². The molecule has 6 nitrogen and oxygen atoms in total. The SMILES string of the molecule is O=C(Nc1nc(CN2CCCCC2)cs1)c1ccccc1OC[C@H]1CCCO1. The van der Waals surface area contributed by atoms with Gasteiger partial charge in [-0.25, -0.2) is 4.98 Å². The number of aromatic nitrogens is 1. The van der Waals surface area contributed by atoms with Crippen molar-refractivity contribution in [2.45, 2.75) is 44.8 Å². The van der Waals surface area contributed by atoms with Gasteiger partial charge >= 0.3 is 0 Å². The van der Waals surface area contributed by atoms with Gasteiger partial charge in [-0.1, -0.05) is 18.6 Å². The van der Waals surface area contributed by atoms with E-state index in [-0.39, 0.29) is 12.0 Å². The molecule has 0 aliphatic carbocycles. The summed E-state index contributed by atoms with van der Waals surface area (Å²) in [5.41, 5.74) is 1.54. The Balaban J connectivity index is 1.35. The molecule has 0 bridgehead atoms. The Labute approximate surface area is 169 Å². The van der Waals surface area contributed by atoms with Crippen molar-refractivity contribution in [2.24, 2.45) is 0 Å². The van der Waals surface area contributed by atoms with Crippen LogP contribution < -0.4 is 10.1 Å². The Kier molecular flexibility index (Phi) is 6.57. The molecule has 0 saturated carbocycles. The maximum atomic E-state index is 12.8. The van der Waals surface area contributed by atoms with E-state index in [9.17, 15) is 4.79 Å². The first-order chi connectivity index (χ1) is 13.8. The number of para-hydroxylation sites is 1. The van der Waals surface area contributed by atoms with E-state index in [2.05, 4.69) is 15.2 Å². The summed E-state index contributed by atoms with van der Waals surface area (Å²) in [4.78, 5) is 19.8. The highest BCUT2D eigenvalue weighted by Crippen LogP contribution is 2.24. The fourth-order valence-electron chi connectivity index (χ4n) is 3.69. The van der Waals surface area contributed by atoms with Crippen LogP contribution in [0.4, 0.5) is 5.13 Å². The van der Waals surface area contributed by atoms with E-state index in [1.165, 1.54) is 30.6 Å². The molecule has 2 saturated heterocycles. The molecule has 1 aromatic carbocycles. The molecular weight excluding hydrogens is 374 g/mol. The highest BCUT2D eigenvalue weighted by Gasteiger charge is 2.19. The van der Waals surface area contributed by atoms with Crippen molar-refractivity contribution in [1.29, 1.82) is 0 Å². The predicted molar refractivity (Wildman–Crippen MR) is 110 cm³/mol. The zero-order chi connectivity index (χ0) is 19.2. The number of anilines is 1. The van der Waals surface area contributed by atoms with Crippen molar-refractivity contribution in [3.05, 3.63) is 40.9 Å². The lowest BCUT2D eigenvalue weighted by Gasteiger charge is -2.25. The summed E-state index contributed by atoms with van der Waals surface area (Å²) in [5, 5.41) is 5.59. The molecule has 1 atom stereocenters. The first-order valence-corrected chi connectivity index (χ1v) is 11.0. The van der Waals surface area contributed by atoms with E-state index in [0.717, 1.165) is 44.8 Å². The third kappa shape index (κ3) is 5.10. The van der Waals surface area contributed by atoms with Gasteiger partial charge in [0.25, 0.3) is 5.91 Å². The molecule has 0 spiro atoms. The fourth-order valence-corrected chi connectivity index (χ4v) is 4.38. The van der Waals surface area contributed by atoms with Crippen LogP contribution in [0.15, 0.2) is 29.6 Å². The summed E-state index contributed by atoms with van der Waals surface area (Å²) < 4.78 is 11.5. The summed E-state index contributed by atoms with van der Waals surface area (Å²) in [6, 6.07) is 7.33. The average molecular weight is 402 g/mol. The summed E-state index contributed by atoms with van der Waals surface area (Å²) in [7, 11) is 0. The molecule has 2 fully saturated rings. The summed E-state index contributed by atoms with van der Waals surface area (Å²) in [6.07, 6.45) is 6.04. The second-order valence-corrected chi connectivity index (χ2v) is 8.24. The third-order valence-corrected chi connectivity index (χ3v) is 5.99. The van der Waals surface area contributed by atoms with Crippen LogP contribution in [0.5, 0.6) is 5.75 Å². The van der Waals surface area contributed by atoms with Crippen molar-refractivity contribution in [2.75, 3.05) is 31.6 Å². The second-order valence-electron chi connectivity index (χ2n) is 7.38. The molecule has 2 aliphatic rings. The van der Waals surface area contributed by atoms with Gasteiger partial charge in [-0.2, -0.15) is 0 Å². The van der Waals surface area contributed by atoms with Crippen LogP contribution in [0.2, 0.25) is 0 Å². The minimum absolute atomic E-state index is 0.118. The van der Waals surface area contributed by atoms with Crippen LogP contribution in [-0.4, -0.2) is 48.2 Å². The zero-order valence-corrected chi connectivity index (χ0v) is 16.9. The number of piperidine rings is 1. The van der Waals surface area contributed by atoms with Gasteiger partial charge in [-0.05, 0) is 50.9 Å². The molecule has 150 valence electrons. The number of amides is 1. The van der Waals surface area contributed by atoms with Crippen LogP contribution in [-0.2, 0) is 11.3 Å². The minimum Gasteiger partial charge on any atom is -0.490 e. The van der Waals surface area contributed by atoms with E-state index in [1.54, 1.807) is 6.07 Å². The molecule has 0 unspecified atom stereocenters. The van der Waals surface area contributed by atoms with Crippen molar-refractivity contribution in [3.63, 3.8) is 0 Å². The summed E-state index contributed by atoms with van der Waals surface area (Å²) >= 11 is 1.47. The summed E-state index contributed by atoms with van der Waals surface area (Å²) in [5.74, 6) is 0.391. The lowest BCUT2D eigenvalue weighted by molar-refractivity contribution is 0.0673. The zero-order valence-electron chi connectivity index (χ0n) is 16.1. The van der Waals surface area contributed by atoms with Gasteiger partial charge < -0.3 is 9.47 Å². The number of nitrogens with one attached hydrogen (secondary N) is 1. The number of benzene rings is 1. The Hall–Kier alpha value is -1.96. The molecule has 28 heavy (non-hydrogen) atoms. The number of hydrogen-bond acceptors (Lipinski definition) is 6. The van der Waals surface area contributed by atoms with Crippen LogP contribution in [0.1, 0.15) is 48.2 Å². The monoisotopic (exact) mass is 401 g/mol. The van der Waals surface area contributed by atoms with E-state index in [1.807, 2.05) is 23.6 Å². The van der Waals surface area contributed by atoms with Gasteiger partial charge in [0.2, 0.25) is 0 Å². The Morgan fingerprint density at radius 2 is 2.11 bits per heavy atom. The van der Waals surface area contributed by atoms with Gasteiger partial charge in [-0.15, -0.1) is 11.3 Å². The average Bonchev–Trinajstić information content (AvgIpc) is 3.39. The third-order valence-electron chi connectivity index (χ3n) is 5.19. The molecule has 0 radical (unpaired) electrons. The molecule has 4 rings (SSSR count). The van der Waals surface area contributed by atoms with Gasteiger partial charge in [0.15, 0.2) is 5.13 Å². The smallest absolute Gasteiger partial charge is 0.261 e. The number of nitrogens with zero attached hydrogens (tertiary/aromatic N) is 2. The number of likely N-dealkylation sites (tertiary alicyclic amines) is 1. The molecule has 1 amide bonds. The molecule has 7 heteroatoms. The van der Waals surface area contributed by atoms with Crippen molar-refractivity contribution >= 4 is 22.4 Å². The molecule has 3 heterocycles.